The lowest BCUT2D eigenvalue weighted by atomic mass is 10.1. The van der Waals surface area contributed by atoms with Gasteiger partial charge in [0.1, 0.15) is 6.04 Å². The fourth-order valence-electron chi connectivity index (χ4n) is 1.27. The zero-order valence-electron chi connectivity index (χ0n) is 9.71. The van der Waals surface area contributed by atoms with Crippen LogP contribution < -0.4 is 5.32 Å². The molecule has 92 valence electrons. The highest BCUT2D eigenvalue weighted by Crippen LogP contribution is 2.18. The van der Waals surface area contributed by atoms with Gasteiger partial charge >= 0.3 is 5.97 Å². The van der Waals surface area contributed by atoms with Crippen molar-refractivity contribution in [3.63, 3.8) is 0 Å². The lowest BCUT2D eigenvalue weighted by Crippen LogP contribution is -2.42. The largest absolute Gasteiger partial charge is 0.480 e. The molecule has 1 atom stereocenters. The lowest BCUT2D eigenvalue weighted by Gasteiger charge is -2.17. The van der Waals surface area contributed by atoms with Crippen molar-refractivity contribution in [2.24, 2.45) is 5.92 Å². The summed E-state index contributed by atoms with van der Waals surface area (Å²) in [5.74, 6) is -1.16. The number of hydrogen-bond donors (Lipinski definition) is 2. The Labute approximate surface area is 104 Å². The van der Waals surface area contributed by atoms with Crippen LogP contribution in [0, 0.1) is 5.92 Å². The van der Waals surface area contributed by atoms with E-state index in [-0.39, 0.29) is 11.2 Å². The summed E-state index contributed by atoms with van der Waals surface area (Å²) in [7, 11) is 0. The molecule has 0 heterocycles. The quantitative estimate of drug-likeness (QED) is 0.809. The molecule has 2 N–H and O–H groups in total. The van der Waals surface area contributed by atoms with Gasteiger partial charge in [-0.15, -0.1) is 0 Å². The first-order chi connectivity index (χ1) is 8.00. The van der Waals surface area contributed by atoms with Crippen molar-refractivity contribution in [2.45, 2.75) is 24.8 Å². The molecule has 1 aromatic rings. The number of carbonyl (C=O) groups excluding carboxylic acids is 1. The van der Waals surface area contributed by atoms with Gasteiger partial charge in [0.05, 0.1) is 0 Å². The van der Waals surface area contributed by atoms with E-state index < -0.39 is 12.0 Å². The van der Waals surface area contributed by atoms with Crippen molar-refractivity contribution in [3.8, 4) is 0 Å². The number of carboxylic acid groups (broad SMARTS) is 1. The van der Waals surface area contributed by atoms with Crippen LogP contribution in [-0.2, 0) is 4.79 Å². The van der Waals surface area contributed by atoms with Crippen LogP contribution in [0.2, 0.25) is 0 Å². The first-order valence-corrected chi connectivity index (χ1v) is 6.08. The van der Waals surface area contributed by atoms with Crippen molar-refractivity contribution in [2.75, 3.05) is 0 Å². The Hall–Kier alpha value is -1.49. The van der Waals surface area contributed by atoms with E-state index in [0.717, 1.165) is 16.7 Å². The molecule has 1 amide bonds. The summed E-state index contributed by atoms with van der Waals surface area (Å²) in [4.78, 5) is 23.3. The number of hydrogen-bond acceptors (Lipinski definition) is 3. The molecular formula is C12H15NO3S. The van der Waals surface area contributed by atoms with Gasteiger partial charge in [0.25, 0.3) is 5.24 Å². The molecular weight excluding hydrogens is 238 g/mol. The average Bonchev–Trinajstić information content (AvgIpc) is 2.26. The van der Waals surface area contributed by atoms with Gasteiger partial charge in [0.2, 0.25) is 0 Å². The van der Waals surface area contributed by atoms with Crippen molar-refractivity contribution < 1.29 is 14.7 Å². The molecule has 0 fully saturated rings. The summed E-state index contributed by atoms with van der Waals surface area (Å²) < 4.78 is 0. The minimum absolute atomic E-state index is 0.146. The van der Waals surface area contributed by atoms with Crippen LogP contribution in [0.15, 0.2) is 35.2 Å². The van der Waals surface area contributed by atoms with Crippen molar-refractivity contribution in [1.82, 2.24) is 5.32 Å². The molecule has 5 heteroatoms. The number of amides is 1. The van der Waals surface area contributed by atoms with E-state index in [9.17, 15) is 9.59 Å². The van der Waals surface area contributed by atoms with Gasteiger partial charge in [0.15, 0.2) is 0 Å². The maximum absolute atomic E-state index is 11.6. The second kappa shape index (κ2) is 6.30. The molecule has 17 heavy (non-hydrogen) atoms. The molecule has 0 aliphatic carbocycles. The molecule has 0 bridgehead atoms. The summed E-state index contributed by atoms with van der Waals surface area (Å²) >= 11 is 0.993. The molecule has 0 aliphatic rings. The van der Waals surface area contributed by atoms with Gasteiger partial charge in [-0.3, -0.25) is 4.79 Å². The van der Waals surface area contributed by atoms with Crippen LogP contribution in [0.5, 0.6) is 0 Å². The number of carbonyl (C=O) groups is 2. The maximum Gasteiger partial charge on any atom is 0.326 e. The Morgan fingerprint density at radius 2 is 1.82 bits per heavy atom. The SMILES string of the molecule is CC(C)C(NC(=O)Sc1ccccc1)C(=O)O. The predicted molar refractivity (Wildman–Crippen MR) is 67.1 cm³/mol. The van der Waals surface area contributed by atoms with E-state index in [2.05, 4.69) is 5.32 Å². The topological polar surface area (TPSA) is 66.4 Å². The molecule has 4 nitrogen and oxygen atoms in total. The van der Waals surface area contributed by atoms with Gasteiger partial charge in [0, 0.05) is 4.90 Å². The third-order valence-electron chi connectivity index (χ3n) is 2.16. The average molecular weight is 253 g/mol. The number of nitrogens with one attached hydrogen (secondary N) is 1. The predicted octanol–water partition coefficient (Wildman–Crippen LogP) is 2.60. The third kappa shape index (κ3) is 4.48. The Kier molecular flexibility index (Phi) is 5.03. The zero-order chi connectivity index (χ0) is 12.8. The Bertz CT molecular complexity index is 392. The number of thioether (sulfide) groups is 1. The molecule has 0 spiro atoms. The summed E-state index contributed by atoms with van der Waals surface area (Å²) in [5, 5.41) is 11.1. The minimum Gasteiger partial charge on any atom is -0.480 e. The molecule has 0 aliphatic heterocycles. The Balaban J connectivity index is 2.57. The van der Waals surface area contributed by atoms with Gasteiger partial charge in [-0.2, -0.15) is 0 Å². The molecule has 0 aromatic heterocycles. The second-order valence-electron chi connectivity index (χ2n) is 3.91. The zero-order valence-corrected chi connectivity index (χ0v) is 10.5. The first-order valence-electron chi connectivity index (χ1n) is 5.27. The van der Waals surface area contributed by atoms with Crippen molar-refractivity contribution in [3.05, 3.63) is 30.3 Å². The lowest BCUT2D eigenvalue weighted by molar-refractivity contribution is -0.140. The van der Waals surface area contributed by atoms with E-state index in [1.54, 1.807) is 26.0 Å². The minimum atomic E-state index is -1.01. The van der Waals surface area contributed by atoms with E-state index in [4.69, 9.17) is 5.11 Å². The highest BCUT2D eigenvalue weighted by atomic mass is 32.2. The summed E-state index contributed by atoms with van der Waals surface area (Å²) in [6.07, 6.45) is 0. The summed E-state index contributed by atoms with van der Waals surface area (Å²) in [6, 6.07) is 8.26. The van der Waals surface area contributed by atoms with E-state index in [1.165, 1.54) is 0 Å². The fraction of sp³-hybridized carbons (Fsp3) is 0.333. The number of aliphatic carboxylic acids is 1. The number of carboxylic acids is 1. The number of rotatable bonds is 4. The van der Waals surface area contributed by atoms with Crippen LogP contribution in [0.1, 0.15) is 13.8 Å². The van der Waals surface area contributed by atoms with Crippen molar-refractivity contribution >= 4 is 23.0 Å². The van der Waals surface area contributed by atoms with Gasteiger partial charge < -0.3 is 10.4 Å². The standard InChI is InChI=1S/C12H15NO3S/c1-8(2)10(11(14)15)13-12(16)17-9-6-4-3-5-7-9/h3-8,10H,1-2H3,(H,13,16)(H,14,15). The van der Waals surface area contributed by atoms with Crippen LogP contribution >= 0.6 is 11.8 Å². The van der Waals surface area contributed by atoms with E-state index >= 15 is 0 Å². The van der Waals surface area contributed by atoms with Crippen molar-refractivity contribution in [1.29, 1.82) is 0 Å². The second-order valence-corrected chi connectivity index (χ2v) is 4.95. The highest BCUT2D eigenvalue weighted by Gasteiger charge is 2.23. The molecule has 0 radical (unpaired) electrons. The van der Waals surface area contributed by atoms with Gasteiger partial charge in [-0.05, 0) is 29.8 Å². The van der Waals surface area contributed by atoms with Crippen LogP contribution in [0.3, 0.4) is 0 Å². The fourth-order valence-corrected chi connectivity index (χ4v) is 1.96. The molecule has 1 rings (SSSR count). The van der Waals surface area contributed by atoms with Crippen LogP contribution in [0.4, 0.5) is 4.79 Å². The normalized spacial score (nSPS) is 12.2. The maximum atomic E-state index is 11.6. The van der Waals surface area contributed by atoms with E-state index in [0.29, 0.717) is 0 Å². The Morgan fingerprint density at radius 1 is 1.24 bits per heavy atom. The molecule has 1 unspecified atom stereocenters. The molecule has 1 aromatic carbocycles. The van der Waals surface area contributed by atoms with E-state index in [1.807, 2.05) is 18.2 Å². The molecule has 0 saturated carbocycles. The van der Waals surface area contributed by atoms with Gasteiger partial charge in [-0.1, -0.05) is 32.0 Å². The summed E-state index contributed by atoms with van der Waals surface area (Å²) in [5.41, 5.74) is 0. The monoisotopic (exact) mass is 253 g/mol. The smallest absolute Gasteiger partial charge is 0.326 e. The third-order valence-corrected chi connectivity index (χ3v) is 2.97. The first kappa shape index (κ1) is 13.6. The molecule has 0 saturated heterocycles. The van der Waals surface area contributed by atoms with Gasteiger partial charge in [-0.25, -0.2) is 4.79 Å². The van der Waals surface area contributed by atoms with Crippen LogP contribution in [0.25, 0.3) is 0 Å². The highest BCUT2D eigenvalue weighted by molar-refractivity contribution is 8.13. The number of benzene rings is 1. The Morgan fingerprint density at radius 3 is 2.29 bits per heavy atom. The summed E-state index contributed by atoms with van der Waals surface area (Å²) in [6.45, 7) is 3.51. The van der Waals surface area contributed by atoms with Crippen LogP contribution in [-0.4, -0.2) is 22.4 Å².